The van der Waals surface area contributed by atoms with Crippen molar-refractivity contribution < 1.29 is 0 Å². The molecule has 2 aromatic rings. The van der Waals surface area contributed by atoms with Gasteiger partial charge in [-0.3, -0.25) is 9.89 Å². The zero-order chi connectivity index (χ0) is 9.26. The van der Waals surface area contributed by atoms with Crippen LogP contribution in [0.4, 0.5) is 5.82 Å². The summed E-state index contributed by atoms with van der Waals surface area (Å²) in [5.74, 6) is 0.373. The lowest BCUT2D eigenvalue weighted by molar-refractivity contribution is 1.09. The summed E-state index contributed by atoms with van der Waals surface area (Å²) < 4.78 is 0. The second kappa shape index (κ2) is 2.78. The van der Waals surface area contributed by atoms with E-state index in [0.29, 0.717) is 17.1 Å². The number of nitrogens with one attached hydrogen (secondary N) is 2. The van der Waals surface area contributed by atoms with Gasteiger partial charge < -0.3 is 10.7 Å². The molecule has 4 N–H and O–H groups in total. The molecule has 0 aliphatic carbocycles. The molecule has 0 saturated heterocycles. The number of pyridine rings is 1. The van der Waals surface area contributed by atoms with Crippen LogP contribution in [0.1, 0.15) is 0 Å². The van der Waals surface area contributed by atoms with Crippen molar-refractivity contribution in [2.75, 3.05) is 5.73 Å². The molecule has 0 amide bonds. The van der Waals surface area contributed by atoms with Crippen molar-refractivity contribution in [1.82, 2.24) is 15.2 Å². The molecule has 2 heterocycles. The van der Waals surface area contributed by atoms with E-state index in [4.69, 9.17) is 5.73 Å². The Balaban J connectivity index is 2.59. The van der Waals surface area contributed by atoms with Crippen LogP contribution in [0.15, 0.2) is 29.2 Å². The number of aromatic nitrogens is 3. The summed E-state index contributed by atoms with van der Waals surface area (Å²) in [6, 6.07) is 5.06. The molecule has 0 aliphatic rings. The van der Waals surface area contributed by atoms with E-state index in [1.165, 1.54) is 0 Å². The fourth-order valence-electron chi connectivity index (χ4n) is 1.11. The smallest absolute Gasteiger partial charge is 0.257 e. The van der Waals surface area contributed by atoms with Crippen LogP contribution < -0.4 is 11.3 Å². The number of nitrogen functional groups attached to an aromatic ring is 1. The first kappa shape index (κ1) is 7.60. The quantitative estimate of drug-likeness (QED) is 0.585. The van der Waals surface area contributed by atoms with E-state index in [-0.39, 0.29) is 5.56 Å². The normalized spacial score (nSPS) is 10.2. The summed E-state index contributed by atoms with van der Waals surface area (Å²) in [6.07, 6.45) is 1.57. The number of anilines is 1. The number of rotatable bonds is 1. The first-order valence-electron chi connectivity index (χ1n) is 3.76. The predicted molar refractivity (Wildman–Crippen MR) is 49.1 cm³/mol. The minimum absolute atomic E-state index is 0.161. The van der Waals surface area contributed by atoms with E-state index >= 15 is 0 Å². The van der Waals surface area contributed by atoms with Crippen molar-refractivity contribution in [2.24, 2.45) is 0 Å². The monoisotopic (exact) mass is 176 g/mol. The molecule has 66 valence electrons. The average Bonchev–Trinajstić information content (AvgIpc) is 2.53. The highest BCUT2D eigenvalue weighted by atomic mass is 16.1. The van der Waals surface area contributed by atoms with Gasteiger partial charge in [0, 0.05) is 12.3 Å². The standard InChI is InChI=1S/C8H8N4O/c9-7-4-6(11-12-7)5-2-1-3-10-8(5)13/h1-4H,(H,10,13)(H3,9,11,12). The van der Waals surface area contributed by atoms with E-state index in [9.17, 15) is 4.79 Å². The predicted octanol–water partition coefficient (Wildman–Crippen LogP) is 0.347. The minimum atomic E-state index is -0.161. The lowest BCUT2D eigenvalue weighted by atomic mass is 10.2. The third-order valence-electron chi connectivity index (χ3n) is 1.71. The molecule has 0 aromatic carbocycles. The van der Waals surface area contributed by atoms with Crippen molar-refractivity contribution in [2.45, 2.75) is 0 Å². The number of nitrogens with zero attached hydrogens (tertiary/aromatic N) is 1. The average molecular weight is 176 g/mol. The molecule has 0 radical (unpaired) electrons. The highest BCUT2D eigenvalue weighted by Crippen LogP contribution is 2.12. The fraction of sp³-hybridized carbons (Fsp3) is 0. The largest absolute Gasteiger partial charge is 0.382 e. The van der Waals surface area contributed by atoms with Crippen molar-refractivity contribution in [3.8, 4) is 11.3 Å². The zero-order valence-electron chi connectivity index (χ0n) is 6.74. The Morgan fingerprint density at radius 2 is 2.31 bits per heavy atom. The highest BCUT2D eigenvalue weighted by Gasteiger charge is 2.03. The molecule has 5 nitrogen and oxygen atoms in total. The number of nitrogens with two attached hydrogens (primary N) is 1. The summed E-state index contributed by atoms with van der Waals surface area (Å²) in [4.78, 5) is 13.8. The molecule has 0 bridgehead atoms. The van der Waals surface area contributed by atoms with Crippen LogP contribution in [0.25, 0.3) is 11.3 Å². The highest BCUT2D eigenvalue weighted by molar-refractivity contribution is 5.60. The van der Waals surface area contributed by atoms with Gasteiger partial charge in [-0.15, -0.1) is 0 Å². The Kier molecular flexibility index (Phi) is 1.63. The molecule has 0 saturated carbocycles. The lowest BCUT2D eigenvalue weighted by Crippen LogP contribution is -2.06. The lowest BCUT2D eigenvalue weighted by Gasteiger charge is -1.92. The van der Waals surface area contributed by atoms with Crippen molar-refractivity contribution in [3.05, 3.63) is 34.7 Å². The topological polar surface area (TPSA) is 87.6 Å². The molecule has 13 heavy (non-hydrogen) atoms. The van der Waals surface area contributed by atoms with Gasteiger partial charge in [0.1, 0.15) is 5.82 Å². The minimum Gasteiger partial charge on any atom is -0.382 e. The maximum atomic E-state index is 11.3. The Morgan fingerprint density at radius 3 is 2.92 bits per heavy atom. The molecule has 0 unspecified atom stereocenters. The number of hydrogen-bond acceptors (Lipinski definition) is 3. The molecule has 0 atom stereocenters. The van der Waals surface area contributed by atoms with Crippen LogP contribution in [-0.4, -0.2) is 15.2 Å². The van der Waals surface area contributed by atoms with Crippen molar-refractivity contribution in [1.29, 1.82) is 0 Å². The SMILES string of the molecule is Nc1cc(-c2ccc[nH]c2=O)[nH]n1. The molecule has 2 aromatic heterocycles. The Morgan fingerprint density at radius 1 is 1.46 bits per heavy atom. The van der Waals surface area contributed by atoms with Crippen LogP contribution in [0.2, 0.25) is 0 Å². The van der Waals surface area contributed by atoms with Crippen LogP contribution >= 0.6 is 0 Å². The third kappa shape index (κ3) is 1.31. The number of aromatic amines is 2. The van der Waals surface area contributed by atoms with Gasteiger partial charge in [-0.1, -0.05) is 0 Å². The van der Waals surface area contributed by atoms with Gasteiger partial charge in [-0.2, -0.15) is 5.10 Å². The Hall–Kier alpha value is -2.04. The van der Waals surface area contributed by atoms with E-state index in [0.717, 1.165) is 0 Å². The Labute approximate surface area is 73.6 Å². The van der Waals surface area contributed by atoms with Gasteiger partial charge in [0.2, 0.25) is 0 Å². The molecule has 0 aliphatic heterocycles. The van der Waals surface area contributed by atoms with Crippen LogP contribution in [0.5, 0.6) is 0 Å². The summed E-state index contributed by atoms with van der Waals surface area (Å²) >= 11 is 0. The van der Waals surface area contributed by atoms with Gasteiger partial charge >= 0.3 is 0 Å². The second-order valence-corrected chi connectivity index (χ2v) is 2.62. The Bertz CT molecular complexity index is 471. The van der Waals surface area contributed by atoms with Gasteiger partial charge in [0.15, 0.2) is 0 Å². The van der Waals surface area contributed by atoms with Crippen LogP contribution in [0, 0.1) is 0 Å². The first-order chi connectivity index (χ1) is 6.27. The number of H-pyrrole nitrogens is 2. The summed E-state index contributed by atoms with van der Waals surface area (Å²) in [5, 5.41) is 6.40. The fourth-order valence-corrected chi connectivity index (χ4v) is 1.11. The summed E-state index contributed by atoms with van der Waals surface area (Å²) in [7, 11) is 0. The summed E-state index contributed by atoms with van der Waals surface area (Å²) in [5.41, 5.74) is 6.41. The van der Waals surface area contributed by atoms with E-state index in [1.807, 2.05) is 0 Å². The van der Waals surface area contributed by atoms with Gasteiger partial charge in [-0.05, 0) is 12.1 Å². The molecule has 5 heteroatoms. The van der Waals surface area contributed by atoms with E-state index in [1.54, 1.807) is 24.4 Å². The van der Waals surface area contributed by atoms with Crippen LogP contribution in [0.3, 0.4) is 0 Å². The third-order valence-corrected chi connectivity index (χ3v) is 1.71. The maximum Gasteiger partial charge on any atom is 0.257 e. The van der Waals surface area contributed by atoms with Crippen molar-refractivity contribution >= 4 is 5.82 Å². The van der Waals surface area contributed by atoms with Crippen LogP contribution in [-0.2, 0) is 0 Å². The maximum absolute atomic E-state index is 11.3. The zero-order valence-corrected chi connectivity index (χ0v) is 6.74. The van der Waals surface area contributed by atoms with Gasteiger partial charge in [0.25, 0.3) is 5.56 Å². The molecule has 0 spiro atoms. The van der Waals surface area contributed by atoms with E-state index in [2.05, 4.69) is 15.2 Å². The molecule has 0 fully saturated rings. The summed E-state index contributed by atoms with van der Waals surface area (Å²) in [6.45, 7) is 0. The molecular formula is C8H8N4O. The molecule has 2 rings (SSSR count). The van der Waals surface area contributed by atoms with Gasteiger partial charge in [-0.25, -0.2) is 0 Å². The van der Waals surface area contributed by atoms with Crippen molar-refractivity contribution in [3.63, 3.8) is 0 Å². The van der Waals surface area contributed by atoms with E-state index < -0.39 is 0 Å². The van der Waals surface area contributed by atoms with Gasteiger partial charge in [0.05, 0.1) is 11.3 Å². The molecular weight excluding hydrogens is 168 g/mol. The first-order valence-corrected chi connectivity index (χ1v) is 3.76. The number of hydrogen-bond donors (Lipinski definition) is 3. The second-order valence-electron chi connectivity index (χ2n) is 2.62.